The number of nitrogens with zero attached hydrogens (tertiary/aromatic N) is 1. The van der Waals surface area contributed by atoms with Gasteiger partial charge < -0.3 is 10.4 Å². The zero-order valence-electron chi connectivity index (χ0n) is 12.9. The van der Waals surface area contributed by atoms with Gasteiger partial charge in [-0.1, -0.05) is 17.7 Å². The first-order chi connectivity index (χ1) is 11.4. The summed E-state index contributed by atoms with van der Waals surface area (Å²) in [6, 6.07) is 12.1. The molecule has 0 heterocycles. The van der Waals surface area contributed by atoms with Crippen molar-refractivity contribution in [3.8, 4) is 5.75 Å². The third kappa shape index (κ3) is 5.51. The van der Waals surface area contributed by atoms with E-state index >= 15 is 0 Å². The van der Waals surface area contributed by atoms with Crippen molar-refractivity contribution in [2.45, 2.75) is 13.3 Å². The zero-order valence-corrected chi connectivity index (χ0v) is 14.5. The summed E-state index contributed by atoms with van der Waals surface area (Å²) in [5, 5.41) is 15.8. The van der Waals surface area contributed by atoms with Crippen LogP contribution in [-0.4, -0.2) is 23.1 Å². The van der Waals surface area contributed by atoms with Crippen molar-refractivity contribution in [2.24, 2.45) is 5.10 Å². The van der Waals surface area contributed by atoms with E-state index in [0.717, 1.165) is 5.56 Å². The van der Waals surface area contributed by atoms with Crippen LogP contribution in [0.15, 0.2) is 52.0 Å². The summed E-state index contributed by atoms with van der Waals surface area (Å²) in [5.41, 5.74) is 4.69. The van der Waals surface area contributed by atoms with Gasteiger partial charge in [0, 0.05) is 5.69 Å². The van der Waals surface area contributed by atoms with Crippen LogP contribution in [0.1, 0.15) is 17.5 Å². The molecule has 0 atom stereocenters. The van der Waals surface area contributed by atoms with E-state index < -0.39 is 11.8 Å². The number of aromatic hydroxyl groups is 1. The maximum atomic E-state index is 11.8. The first-order valence-electron chi connectivity index (χ1n) is 7.11. The number of carbonyl (C=O) groups is 2. The Bertz CT molecular complexity index is 773. The summed E-state index contributed by atoms with van der Waals surface area (Å²) in [6.45, 7) is 1.95. The van der Waals surface area contributed by atoms with Crippen LogP contribution in [0.25, 0.3) is 0 Å². The number of rotatable bonds is 5. The average molecular weight is 390 g/mol. The van der Waals surface area contributed by atoms with E-state index in [4.69, 9.17) is 0 Å². The van der Waals surface area contributed by atoms with Gasteiger partial charge in [0.25, 0.3) is 0 Å². The van der Waals surface area contributed by atoms with Crippen LogP contribution in [0.5, 0.6) is 5.75 Å². The number of hydrazone groups is 1. The first-order valence-corrected chi connectivity index (χ1v) is 7.90. The lowest BCUT2D eigenvalue weighted by molar-refractivity contribution is -0.126. The van der Waals surface area contributed by atoms with Crippen molar-refractivity contribution in [1.29, 1.82) is 0 Å². The summed E-state index contributed by atoms with van der Waals surface area (Å²) in [7, 11) is 0. The Hall–Kier alpha value is -2.67. The third-order valence-corrected chi connectivity index (χ3v) is 3.67. The third-order valence-electron chi connectivity index (χ3n) is 3.03. The normalized spacial score (nSPS) is 10.6. The van der Waals surface area contributed by atoms with Gasteiger partial charge in [0.15, 0.2) is 0 Å². The molecule has 2 aromatic carbocycles. The minimum Gasteiger partial charge on any atom is -0.507 e. The molecule has 24 heavy (non-hydrogen) atoms. The monoisotopic (exact) mass is 389 g/mol. The Labute approximate surface area is 147 Å². The molecular weight excluding hydrogens is 374 g/mol. The molecule has 3 N–H and O–H groups in total. The van der Waals surface area contributed by atoms with Crippen molar-refractivity contribution >= 4 is 39.6 Å². The lowest BCUT2D eigenvalue weighted by atomic mass is 10.2. The summed E-state index contributed by atoms with van der Waals surface area (Å²) < 4.78 is 0.523. The van der Waals surface area contributed by atoms with Crippen LogP contribution < -0.4 is 10.7 Å². The lowest BCUT2D eigenvalue weighted by Crippen LogP contribution is -2.24. The van der Waals surface area contributed by atoms with Crippen LogP contribution in [0.4, 0.5) is 5.69 Å². The summed E-state index contributed by atoms with van der Waals surface area (Å²) in [4.78, 5) is 23.4. The fraction of sp³-hybridized carbons (Fsp3) is 0.118. The standard InChI is InChI=1S/C17H16BrN3O3/c1-11-2-5-13(6-3-11)20-16(23)9-17(24)21-19-10-12-4-7-15(22)14(18)8-12/h2-8,10,22H,9H2,1H3,(H,20,23)(H,21,24). The number of phenols is 1. The molecule has 0 saturated carbocycles. The van der Waals surface area contributed by atoms with Gasteiger partial charge in [0.05, 0.1) is 10.7 Å². The second-order valence-corrected chi connectivity index (χ2v) is 5.95. The van der Waals surface area contributed by atoms with Gasteiger partial charge in [-0.25, -0.2) is 5.43 Å². The van der Waals surface area contributed by atoms with E-state index in [1.807, 2.05) is 19.1 Å². The number of benzene rings is 2. The number of anilines is 1. The molecule has 2 aromatic rings. The van der Waals surface area contributed by atoms with E-state index in [-0.39, 0.29) is 12.2 Å². The largest absolute Gasteiger partial charge is 0.507 e. The molecule has 6 nitrogen and oxygen atoms in total. The molecule has 0 bridgehead atoms. The predicted molar refractivity (Wildman–Crippen MR) is 96.0 cm³/mol. The maximum absolute atomic E-state index is 11.8. The van der Waals surface area contributed by atoms with Crippen molar-refractivity contribution in [3.63, 3.8) is 0 Å². The minimum atomic E-state index is -0.520. The molecule has 0 radical (unpaired) electrons. The second-order valence-electron chi connectivity index (χ2n) is 5.10. The number of aryl methyl sites for hydroxylation is 1. The average Bonchev–Trinajstić information content (AvgIpc) is 2.53. The van der Waals surface area contributed by atoms with E-state index in [2.05, 4.69) is 31.8 Å². The van der Waals surface area contributed by atoms with Gasteiger partial charge in [-0.3, -0.25) is 9.59 Å². The number of carbonyl (C=O) groups excluding carboxylic acids is 2. The molecule has 0 aliphatic heterocycles. The molecule has 124 valence electrons. The van der Waals surface area contributed by atoms with Gasteiger partial charge in [-0.2, -0.15) is 5.10 Å². The fourth-order valence-corrected chi connectivity index (χ4v) is 2.21. The Morgan fingerprint density at radius 3 is 2.54 bits per heavy atom. The van der Waals surface area contributed by atoms with Crippen LogP contribution in [0, 0.1) is 6.92 Å². The Kier molecular flexibility index (Phi) is 6.08. The van der Waals surface area contributed by atoms with E-state index in [9.17, 15) is 14.7 Å². The van der Waals surface area contributed by atoms with Crippen LogP contribution in [0.2, 0.25) is 0 Å². The second kappa shape index (κ2) is 8.26. The molecule has 2 amide bonds. The molecular formula is C17H16BrN3O3. The topological polar surface area (TPSA) is 90.8 Å². The Morgan fingerprint density at radius 1 is 1.17 bits per heavy atom. The number of hydrogen-bond acceptors (Lipinski definition) is 4. The Morgan fingerprint density at radius 2 is 1.88 bits per heavy atom. The molecule has 0 aromatic heterocycles. The highest BCUT2D eigenvalue weighted by Crippen LogP contribution is 2.23. The van der Waals surface area contributed by atoms with Gasteiger partial charge in [-0.05, 0) is 58.7 Å². The lowest BCUT2D eigenvalue weighted by Gasteiger charge is -2.04. The summed E-state index contributed by atoms with van der Waals surface area (Å²) in [5.74, 6) is -0.823. The van der Waals surface area contributed by atoms with Gasteiger partial charge in [0.1, 0.15) is 12.2 Å². The molecule has 0 aliphatic carbocycles. The smallest absolute Gasteiger partial charge is 0.249 e. The van der Waals surface area contributed by atoms with Gasteiger partial charge in [-0.15, -0.1) is 0 Å². The molecule has 0 fully saturated rings. The molecule has 0 spiro atoms. The minimum absolute atomic E-state index is 0.115. The van der Waals surface area contributed by atoms with E-state index in [0.29, 0.717) is 15.7 Å². The maximum Gasteiger partial charge on any atom is 0.249 e. The van der Waals surface area contributed by atoms with Crippen LogP contribution in [0.3, 0.4) is 0 Å². The number of phenolic OH excluding ortho intramolecular Hbond substituents is 1. The van der Waals surface area contributed by atoms with Gasteiger partial charge in [0.2, 0.25) is 11.8 Å². The fourth-order valence-electron chi connectivity index (χ4n) is 1.81. The molecule has 0 aliphatic rings. The van der Waals surface area contributed by atoms with Crippen LogP contribution >= 0.6 is 15.9 Å². The molecule has 0 saturated heterocycles. The zero-order chi connectivity index (χ0) is 17.5. The first kappa shape index (κ1) is 17.7. The summed E-state index contributed by atoms with van der Waals surface area (Å²) in [6.07, 6.45) is 1.09. The van der Waals surface area contributed by atoms with Crippen molar-refractivity contribution < 1.29 is 14.7 Å². The quantitative estimate of drug-likeness (QED) is 0.417. The molecule has 7 heteroatoms. The highest BCUT2D eigenvalue weighted by molar-refractivity contribution is 9.10. The number of amides is 2. The predicted octanol–water partition coefficient (Wildman–Crippen LogP) is 2.94. The molecule has 0 unspecified atom stereocenters. The number of nitrogens with one attached hydrogen (secondary N) is 2. The highest BCUT2D eigenvalue weighted by Gasteiger charge is 2.08. The van der Waals surface area contributed by atoms with Crippen molar-refractivity contribution in [2.75, 3.05) is 5.32 Å². The number of hydrogen-bond donors (Lipinski definition) is 3. The molecule has 2 rings (SSSR count). The van der Waals surface area contributed by atoms with Crippen molar-refractivity contribution in [1.82, 2.24) is 5.43 Å². The van der Waals surface area contributed by atoms with Gasteiger partial charge >= 0.3 is 0 Å². The van der Waals surface area contributed by atoms with E-state index in [1.54, 1.807) is 24.3 Å². The van der Waals surface area contributed by atoms with Crippen LogP contribution in [-0.2, 0) is 9.59 Å². The van der Waals surface area contributed by atoms with E-state index in [1.165, 1.54) is 12.3 Å². The SMILES string of the molecule is Cc1ccc(NC(=O)CC(=O)NN=Cc2ccc(O)c(Br)c2)cc1. The summed E-state index contributed by atoms with van der Waals surface area (Å²) >= 11 is 3.18. The highest BCUT2D eigenvalue weighted by atomic mass is 79.9. The van der Waals surface area contributed by atoms with Crippen molar-refractivity contribution in [3.05, 3.63) is 58.1 Å². The Balaban J connectivity index is 1.81. The number of halogens is 1.